The molecule has 2 aromatic rings. The molecule has 0 saturated carbocycles. The number of carbonyl (C=O) groups excluding carboxylic acids is 3. The van der Waals surface area contributed by atoms with Gasteiger partial charge in [-0.1, -0.05) is 25.5 Å². The molecule has 3 amide bonds. The van der Waals surface area contributed by atoms with Gasteiger partial charge in [0.05, 0.1) is 20.3 Å². The van der Waals surface area contributed by atoms with Gasteiger partial charge in [0.25, 0.3) is 5.91 Å². The number of nitrogens with zero attached hydrogens (tertiary/aromatic N) is 1. The van der Waals surface area contributed by atoms with Gasteiger partial charge >= 0.3 is 0 Å². The van der Waals surface area contributed by atoms with E-state index in [0.717, 1.165) is 18.4 Å². The summed E-state index contributed by atoms with van der Waals surface area (Å²) in [7, 11) is 1.54. The van der Waals surface area contributed by atoms with E-state index in [1.165, 1.54) is 12.0 Å². The summed E-state index contributed by atoms with van der Waals surface area (Å²) in [5, 5.41) is 2.84. The van der Waals surface area contributed by atoms with E-state index in [1.807, 2.05) is 0 Å². The predicted molar refractivity (Wildman–Crippen MR) is 113 cm³/mol. The third-order valence-corrected chi connectivity index (χ3v) is 4.89. The van der Waals surface area contributed by atoms with Crippen LogP contribution in [0.3, 0.4) is 0 Å². The Morgan fingerprint density at radius 1 is 1.03 bits per heavy atom. The zero-order chi connectivity index (χ0) is 21.5. The molecule has 0 atom stereocenters. The Balaban J connectivity index is 1.62. The number of hydrogen-bond donors (Lipinski definition) is 1. The fourth-order valence-electron chi connectivity index (χ4n) is 3.13. The number of carbonyl (C=O) groups is 3. The van der Waals surface area contributed by atoms with Crippen molar-refractivity contribution in [2.45, 2.75) is 39.2 Å². The lowest BCUT2D eigenvalue weighted by atomic mass is 10.1. The fraction of sp³-hybridized carbons (Fsp3) is 0.348. The van der Waals surface area contributed by atoms with Crippen LogP contribution in [0.5, 0.6) is 11.5 Å². The number of amides is 3. The van der Waals surface area contributed by atoms with Gasteiger partial charge in [0.15, 0.2) is 11.5 Å². The van der Waals surface area contributed by atoms with Crippen LogP contribution in [0.15, 0.2) is 42.5 Å². The Bertz CT molecular complexity index is 908. The van der Waals surface area contributed by atoms with Gasteiger partial charge in [0, 0.05) is 24.1 Å². The van der Waals surface area contributed by atoms with E-state index in [4.69, 9.17) is 9.47 Å². The summed E-state index contributed by atoms with van der Waals surface area (Å²) in [6.07, 6.45) is 2.53. The molecule has 0 radical (unpaired) electrons. The van der Waals surface area contributed by atoms with Gasteiger partial charge in [-0.15, -0.1) is 0 Å². The summed E-state index contributed by atoms with van der Waals surface area (Å²) >= 11 is 0. The molecule has 7 nitrogen and oxygen atoms in total. The van der Waals surface area contributed by atoms with Crippen LogP contribution in [-0.2, 0) is 16.1 Å². The molecular weight excluding hydrogens is 384 g/mol. The van der Waals surface area contributed by atoms with Crippen molar-refractivity contribution in [3.05, 3.63) is 53.6 Å². The zero-order valence-electron chi connectivity index (χ0n) is 17.3. The molecule has 0 aromatic heterocycles. The zero-order valence-corrected chi connectivity index (χ0v) is 17.3. The van der Waals surface area contributed by atoms with E-state index in [1.54, 1.807) is 42.5 Å². The van der Waals surface area contributed by atoms with Gasteiger partial charge in [-0.05, 0) is 42.3 Å². The highest BCUT2D eigenvalue weighted by Gasteiger charge is 2.28. The number of anilines is 1. The molecule has 0 unspecified atom stereocenters. The average Bonchev–Trinajstić information content (AvgIpc) is 3.07. The van der Waals surface area contributed by atoms with Gasteiger partial charge in [-0.2, -0.15) is 0 Å². The van der Waals surface area contributed by atoms with Crippen molar-refractivity contribution in [3.8, 4) is 11.5 Å². The van der Waals surface area contributed by atoms with Crippen molar-refractivity contribution in [1.82, 2.24) is 4.90 Å². The topological polar surface area (TPSA) is 84.9 Å². The van der Waals surface area contributed by atoms with E-state index in [-0.39, 0.29) is 37.1 Å². The highest BCUT2D eigenvalue weighted by Crippen LogP contribution is 2.28. The minimum Gasteiger partial charge on any atom is -0.493 e. The van der Waals surface area contributed by atoms with Crippen LogP contribution in [0.4, 0.5) is 5.69 Å². The lowest BCUT2D eigenvalue weighted by Gasteiger charge is -2.14. The lowest BCUT2D eigenvalue weighted by molar-refractivity contribution is -0.139. The first-order valence-corrected chi connectivity index (χ1v) is 10.1. The molecule has 1 saturated heterocycles. The normalized spacial score (nSPS) is 13.5. The number of benzene rings is 2. The van der Waals surface area contributed by atoms with Crippen molar-refractivity contribution in [3.63, 3.8) is 0 Å². The van der Waals surface area contributed by atoms with E-state index in [9.17, 15) is 14.4 Å². The number of ether oxygens (including phenoxy) is 2. The molecule has 0 spiro atoms. The Labute approximate surface area is 176 Å². The number of nitrogens with one attached hydrogen (secondary N) is 1. The lowest BCUT2D eigenvalue weighted by Crippen LogP contribution is -2.28. The summed E-state index contributed by atoms with van der Waals surface area (Å²) in [4.78, 5) is 37.3. The quantitative estimate of drug-likeness (QED) is 0.502. The number of imide groups is 1. The maximum Gasteiger partial charge on any atom is 0.255 e. The molecule has 0 bridgehead atoms. The van der Waals surface area contributed by atoms with Crippen LogP contribution in [-0.4, -0.2) is 36.3 Å². The van der Waals surface area contributed by atoms with Crippen molar-refractivity contribution >= 4 is 23.4 Å². The standard InChI is InChI=1S/C23H26N2O5/c1-3-4-13-30-19-10-7-17(14-20(19)29-2)23(28)24-18-8-5-16(6-9-18)15-25-21(26)11-12-22(25)27/h5-10,14H,3-4,11-13,15H2,1-2H3,(H,24,28). The maximum atomic E-state index is 12.6. The highest BCUT2D eigenvalue weighted by atomic mass is 16.5. The van der Waals surface area contributed by atoms with Crippen molar-refractivity contribution in [2.75, 3.05) is 19.0 Å². The summed E-state index contributed by atoms with van der Waals surface area (Å²) in [5.74, 6) is 0.555. The third-order valence-electron chi connectivity index (χ3n) is 4.89. The molecule has 1 aliphatic heterocycles. The molecule has 1 N–H and O–H groups in total. The Morgan fingerprint density at radius 2 is 1.73 bits per heavy atom. The van der Waals surface area contributed by atoms with E-state index in [2.05, 4.69) is 12.2 Å². The number of rotatable bonds is 9. The molecule has 30 heavy (non-hydrogen) atoms. The summed E-state index contributed by atoms with van der Waals surface area (Å²) in [6.45, 7) is 2.94. The first-order valence-electron chi connectivity index (χ1n) is 10.1. The summed E-state index contributed by atoms with van der Waals surface area (Å²) < 4.78 is 11.0. The molecule has 0 aliphatic carbocycles. The Hall–Kier alpha value is -3.35. The predicted octanol–water partition coefficient (Wildman–Crippen LogP) is 3.78. The van der Waals surface area contributed by atoms with E-state index in [0.29, 0.717) is 29.4 Å². The Kier molecular flexibility index (Phi) is 7.06. The molecule has 3 rings (SSSR count). The number of unbranched alkanes of at least 4 members (excludes halogenated alkanes) is 1. The fourth-order valence-corrected chi connectivity index (χ4v) is 3.13. The second-order valence-corrected chi connectivity index (χ2v) is 7.09. The Morgan fingerprint density at radius 3 is 2.37 bits per heavy atom. The van der Waals surface area contributed by atoms with Gasteiger partial charge in [-0.3, -0.25) is 19.3 Å². The molecule has 7 heteroatoms. The number of hydrogen-bond acceptors (Lipinski definition) is 5. The minimum absolute atomic E-state index is 0.145. The monoisotopic (exact) mass is 410 g/mol. The van der Waals surface area contributed by atoms with Crippen molar-refractivity contribution in [2.24, 2.45) is 0 Å². The molecule has 1 aliphatic rings. The van der Waals surface area contributed by atoms with Crippen molar-refractivity contribution in [1.29, 1.82) is 0 Å². The van der Waals surface area contributed by atoms with E-state index < -0.39 is 0 Å². The van der Waals surface area contributed by atoms with Crippen LogP contribution in [0.2, 0.25) is 0 Å². The van der Waals surface area contributed by atoms with Crippen LogP contribution in [0, 0.1) is 0 Å². The molecule has 1 fully saturated rings. The highest BCUT2D eigenvalue weighted by molar-refractivity contribution is 6.04. The third kappa shape index (κ3) is 5.17. The van der Waals surface area contributed by atoms with Crippen LogP contribution < -0.4 is 14.8 Å². The number of methoxy groups -OCH3 is 1. The van der Waals surface area contributed by atoms with Crippen LogP contribution in [0.25, 0.3) is 0 Å². The summed E-state index contributed by atoms with van der Waals surface area (Å²) in [6, 6.07) is 12.2. The maximum absolute atomic E-state index is 12.6. The molecule has 2 aromatic carbocycles. The SMILES string of the molecule is CCCCOc1ccc(C(=O)Nc2ccc(CN3C(=O)CCC3=O)cc2)cc1OC. The van der Waals surface area contributed by atoms with Gasteiger partial charge in [0.2, 0.25) is 11.8 Å². The van der Waals surface area contributed by atoms with Gasteiger partial charge in [0.1, 0.15) is 0 Å². The average molecular weight is 410 g/mol. The van der Waals surface area contributed by atoms with Gasteiger partial charge < -0.3 is 14.8 Å². The largest absolute Gasteiger partial charge is 0.493 e. The molecule has 158 valence electrons. The van der Waals surface area contributed by atoms with Crippen molar-refractivity contribution < 1.29 is 23.9 Å². The smallest absolute Gasteiger partial charge is 0.255 e. The minimum atomic E-state index is -0.272. The van der Waals surface area contributed by atoms with Crippen LogP contribution >= 0.6 is 0 Å². The molecule has 1 heterocycles. The summed E-state index contributed by atoms with van der Waals surface area (Å²) in [5.41, 5.74) is 1.89. The van der Waals surface area contributed by atoms with Gasteiger partial charge in [-0.25, -0.2) is 0 Å². The van der Waals surface area contributed by atoms with E-state index >= 15 is 0 Å². The molecular formula is C23H26N2O5. The first-order chi connectivity index (χ1) is 14.5. The second kappa shape index (κ2) is 9.91. The van der Waals surface area contributed by atoms with Crippen LogP contribution in [0.1, 0.15) is 48.5 Å². The second-order valence-electron chi connectivity index (χ2n) is 7.09. The first kappa shape index (κ1) is 21.4. The number of likely N-dealkylation sites (tertiary alicyclic amines) is 1.